The van der Waals surface area contributed by atoms with E-state index in [2.05, 4.69) is 55.4 Å². The number of hydroxylamine groups is 1. The molecule has 11 nitrogen and oxygen atoms in total. The molecule has 4 N–H and O–H groups in total. The number of halogens is 3. The first-order valence-corrected chi connectivity index (χ1v) is 14.2. The van der Waals surface area contributed by atoms with Crippen molar-refractivity contribution in [2.24, 2.45) is 16.7 Å². The molecule has 0 bridgehead atoms. The highest BCUT2D eigenvalue weighted by molar-refractivity contribution is 6.00. The van der Waals surface area contributed by atoms with E-state index in [1.165, 1.54) is 23.9 Å². The molecule has 14 heteroatoms. The SMILES string of the molecule is CN/C=C(\C(C)=N)N(O)NC(=O)c1ccc(-n2ccc(OCC3(C(F)(F)F)CC3)n2)nc1N1CC(C(C)(C)C)CC1(C)C. The van der Waals surface area contributed by atoms with E-state index in [0.29, 0.717) is 23.4 Å². The number of ether oxygens (including phenoxy) is 1. The molecule has 43 heavy (non-hydrogen) atoms. The van der Waals surface area contributed by atoms with Crippen molar-refractivity contribution in [3.63, 3.8) is 0 Å². The Morgan fingerprint density at radius 3 is 2.47 bits per heavy atom. The Morgan fingerprint density at radius 2 is 1.93 bits per heavy atom. The number of carbonyl (C=O) groups is 1. The second-order valence-electron chi connectivity index (χ2n) is 13.1. The van der Waals surface area contributed by atoms with Crippen LogP contribution in [-0.2, 0) is 0 Å². The number of hydrazine groups is 1. The van der Waals surface area contributed by atoms with E-state index < -0.39 is 24.1 Å². The topological polar surface area (TPSA) is 132 Å². The first-order chi connectivity index (χ1) is 19.9. The van der Waals surface area contributed by atoms with Crippen LogP contribution in [0, 0.1) is 22.2 Å². The quantitative estimate of drug-likeness (QED) is 0.218. The molecule has 2 aromatic rings. The van der Waals surface area contributed by atoms with Crippen LogP contribution in [0.1, 0.15) is 71.2 Å². The standard InChI is InChI=1S/C29H41F3N8O3/c1-18(33)21(15-34-7)40(42)37-25(41)20-8-9-22(35-24(20)38-16-19(26(2,3)4)14-27(38,5)6)39-13-10-23(36-39)43-17-28(11-12-28)29(30,31)32/h8-10,13,15,19,33-34,42H,11-12,14,16-17H2,1-7H3,(H,37,41)/b21-15+,33-18?. The maximum Gasteiger partial charge on any atom is 0.397 e. The van der Waals surface area contributed by atoms with Crippen molar-refractivity contribution in [3.8, 4) is 11.7 Å². The van der Waals surface area contributed by atoms with E-state index in [9.17, 15) is 23.2 Å². The minimum atomic E-state index is -4.33. The van der Waals surface area contributed by atoms with Crippen LogP contribution >= 0.6 is 0 Å². The minimum Gasteiger partial charge on any atom is -0.476 e. The maximum absolute atomic E-state index is 13.5. The number of rotatable bonds is 10. The molecular weight excluding hydrogens is 565 g/mol. The Hall–Kier alpha value is -3.81. The zero-order valence-corrected chi connectivity index (χ0v) is 25.6. The van der Waals surface area contributed by atoms with Gasteiger partial charge in [0.1, 0.15) is 23.5 Å². The highest BCUT2D eigenvalue weighted by Crippen LogP contribution is 2.57. The lowest BCUT2D eigenvalue weighted by Gasteiger charge is -2.34. The summed E-state index contributed by atoms with van der Waals surface area (Å²) in [7, 11) is 1.60. The third kappa shape index (κ3) is 6.73. The van der Waals surface area contributed by atoms with E-state index in [-0.39, 0.29) is 52.6 Å². The number of aromatic nitrogens is 3. The number of amides is 1. The molecule has 1 atom stereocenters. The third-order valence-electron chi connectivity index (χ3n) is 8.32. The van der Waals surface area contributed by atoms with E-state index in [1.807, 2.05) is 0 Å². The van der Waals surface area contributed by atoms with Gasteiger partial charge < -0.3 is 20.4 Å². The fourth-order valence-electron chi connectivity index (χ4n) is 5.21. The number of pyridine rings is 1. The predicted octanol–water partition coefficient (Wildman–Crippen LogP) is 5.08. The van der Waals surface area contributed by atoms with Crippen molar-refractivity contribution < 1.29 is 27.9 Å². The molecule has 1 unspecified atom stereocenters. The average Bonchev–Trinajstić information content (AvgIpc) is 3.44. The van der Waals surface area contributed by atoms with Crippen molar-refractivity contribution in [1.29, 1.82) is 5.41 Å². The van der Waals surface area contributed by atoms with Crippen LogP contribution in [0.25, 0.3) is 5.82 Å². The van der Waals surface area contributed by atoms with Crippen LogP contribution in [-0.4, -0.2) is 68.7 Å². The minimum absolute atomic E-state index is 0.00809. The van der Waals surface area contributed by atoms with Gasteiger partial charge in [-0.25, -0.2) is 15.1 Å². The zero-order chi connectivity index (χ0) is 32.0. The Labute approximate surface area is 249 Å². The van der Waals surface area contributed by atoms with Gasteiger partial charge in [-0.05, 0) is 63.5 Å². The van der Waals surface area contributed by atoms with Crippen molar-refractivity contribution in [3.05, 3.63) is 41.9 Å². The first kappa shape index (κ1) is 32.1. The monoisotopic (exact) mass is 606 g/mol. The number of nitrogens with one attached hydrogen (secondary N) is 3. The molecule has 1 aliphatic heterocycles. The summed E-state index contributed by atoms with van der Waals surface area (Å²) in [6, 6.07) is 4.60. The molecule has 236 valence electrons. The van der Waals surface area contributed by atoms with Gasteiger partial charge >= 0.3 is 6.18 Å². The lowest BCUT2D eigenvalue weighted by atomic mass is 9.78. The normalized spacial score (nSPS) is 19.7. The van der Waals surface area contributed by atoms with Gasteiger partial charge in [0, 0.05) is 37.6 Å². The van der Waals surface area contributed by atoms with Gasteiger partial charge in [0.15, 0.2) is 5.82 Å². The van der Waals surface area contributed by atoms with Crippen LogP contribution in [0.2, 0.25) is 0 Å². The number of hydrogen-bond acceptors (Lipinski definition) is 9. The number of nitrogens with zero attached hydrogens (tertiary/aromatic N) is 5. The number of carbonyl (C=O) groups excluding carboxylic acids is 1. The summed E-state index contributed by atoms with van der Waals surface area (Å²) in [5, 5.41) is 26.0. The van der Waals surface area contributed by atoms with Gasteiger partial charge in [0.25, 0.3) is 5.91 Å². The molecule has 0 spiro atoms. The van der Waals surface area contributed by atoms with Crippen molar-refractivity contribution in [2.45, 2.75) is 72.5 Å². The molecule has 2 aromatic heterocycles. The summed E-state index contributed by atoms with van der Waals surface area (Å²) in [5.74, 6) is 0.369. The summed E-state index contributed by atoms with van der Waals surface area (Å²) in [5.41, 5.74) is 0.436. The van der Waals surface area contributed by atoms with Gasteiger partial charge in [-0.2, -0.15) is 18.3 Å². The second kappa shape index (κ2) is 11.4. The molecule has 4 rings (SSSR count). The molecule has 1 saturated carbocycles. The van der Waals surface area contributed by atoms with Crippen LogP contribution in [0.15, 0.2) is 36.3 Å². The van der Waals surface area contributed by atoms with Crippen molar-refractivity contribution in [1.82, 2.24) is 30.7 Å². The molecule has 1 aliphatic carbocycles. The summed E-state index contributed by atoms with van der Waals surface area (Å²) in [6.45, 7) is 12.2. The van der Waals surface area contributed by atoms with Crippen LogP contribution in [0.4, 0.5) is 19.0 Å². The van der Waals surface area contributed by atoms with E-state index in [4.69, 9.17) is 15.1 Å². The fourth-order valence-corrected chi connectivity index (χ4v) is 5.21. The van der Waals surface area contributed by atoms with Crippen molar-refractivity contribution >= 4 is 17.4 Å². The van der Waals surface area contributed by atoms with Crippen LogP contribution < -0.4 is 20.4 Å². The Morgan fingerprint density at radius 1 is 1.26 bits per heavy atom. The molecule has 0 aromatic carbocycles. The molecule has 3 heterocycles. The number of allylic oxidation sites excluding steroid dienone is 1. The van der Waals surface area contributed by atoms with E-state index >= 15 is 0 Å². The average molecular weight is 607 g/mol. The van der Waals surface area contributed by atoms with Gasteiger partial charge in [-0.1, -0.05) is 20.8 Å². The molecule has 0 radical (unpaired) electrons. The largest absolute Gasteiger partial charge is 0.476 e. The first-order valence-electron chi connectivity index (χ1n) is 14.2. The number of anilines is 1. The lowest BCUT2D eigenvalue weighted by Crippen LogP contribution is -2.44. The second-order valence-corrected chi connectivity index (χ2v) is 13.1. The van der Waals surface area contributed by atoms with Crippen molar-refractivity contribution in [2.75, 3.05) is 25.1 Å². The zero-order valence-electron chi connectivity index (χ0n) is 25.6. The summed E-state index contributed by atoms with van der Waals surface area (Å²) < 4.78 is 46.8. The highest BCUT2D eigenvalue weighted by atomic mass is 19.4. The van der Waals surface area contributed by atoms with Gasteiger partial charge in [0.2, 0.25) is 5.88 Å². The number of alkyl halides is 3. The molecule has 2 aliphatic rings. The lowest BCUT2D eigenvalue weighted by molar-refractivity contribution is -0.194. The summed E-state index contributed by atoms with van der Waals surface area (Å²) in [6.07, 6.45) is -0.509. The molecule has 2 fully saturated rings. The maximum atomic E-state index is 13.5. The van der Waals surface area contributed by atoms with Crippen LogP contribution in [0.5, 0.6) is 5.88 Å². The Bertz CT molecular complexity index is 1390. The van der Waals surface area contributed by atoms with Crippen LogP contribution in [0.3, 0.4) is 0 Å². The highest BCUT2D eigenvalue weighted by Gasteiger charge is 2.64. The van der Waals surface area contributed by atoms with Gasteiger partial charge in [-0.15, -0.1) is 5.10 Å². The Balaban J connectivity index is 1.67. The summed E-state index contributed by atoms with van der Waals surface area (Å²) >= 11 is 0. The number of hydrogen-bond donors (Lipinski definition) is 4. The summed E-state index contributed by atoms with van der Waals surface area (Å²) in [4.78, 5) is 20.4. The van der Waals surface area contributed by atoms with Gasteiger partial charge in [-0.3, -0.25) is 10.0 Å². The Kier molecular flexibility index (Phi) is 8.48. The molecule has 1 saturated heterocycles. The van der Waals surface area contributed by atoms with E-state index in [1.54, 1.807) is 25.4 Å². The fraction of sp³-hybridized carbons (Fsp3) is 0.586. The van der Waals surface area contributed by atoms with Gasteiger partial charge in [0.05, 0.1) is 11.3 Å². The van der Waals surface area contributed by atoms with E-state index in [0.717, 1.165) is 6.42 Å². The predicted molar refractivity (Wildman–Crippen MR) is 155 cm³/mol. The third-order valence-corrected chi connectivity index (χ3v) is 8.32. The smallest absolute Gasteiger partial charge is 0.397 e. The molecule has 1 amide bonds. The molecular formula is C29H41F3N8O3.